The van der Waals surface area contributed by atoms with Crippen LogP contribution in [-0.4, -0.2) is 84.8 Å². The average molecular weight is 1180 g/mol. The summed E-state index contributed by atoms with van der Waals surface area (Å²) in [7, 11) is -7.47. The van der Waals surface area contributed by atoms with Crippen molar-refractivity contribution in [2.24, 2.45) is 15.1 Å². The molecule has 0 saturated heterocycles. The number of rotatable bonds is 12. The lowest BCUT2D eigenvalue weighted by molar-refractivity contribution is -0.143. The number of aliphatic imine (C=N–C) groups is 1. The normalized spacial score (nSPS) is 13.9. The van der Waals surface area contributed by atoms with E-state index in [9.17, 15) is 52.8 Å². The minimum Gasteiger partial charge on any atom is -0.425 e. The van der Waals surface area contributed by atoms with Crippen molar-refractivity contribution in [1.29, 1.82) is 0 Å². The number of nitrogens with two attached hydrogens (primary N) is 1. The van der Waals surface area contributed by atoms with Crippen molar-refractivity contribution < 1.29 is 57.5 Å². The SMILES string of the molecule is CS(=O)(=O)N=C(Nc1cccc(NC(=O)c2cnn(-c3ccc(Cl)cc3)c2C(F)(F)F)c1)Oc1ccccc1.CS(=O)(=O)NC(=NC1CC1)Nc1cccc(NC(=O)c2cnn(-c3ccc(Cl)cc3)c2C(F)(F)F)c1.NC1CC1. The van der Waals surface area contributed by atoms with Gasteiger partial charge in [-0.3, -0.25) is 14.3 Å². The molecule has 2 saturated carbocycles. The topological polar surface area (TPSA) is 258 Å². The van der Waals surface area contributed by atoms with E-state index in [0.717, 1.165) is 37.7 Å². The second-order valence-electron chi connectivity index (χ2n) is 17.4. The van der Waals surface area contributed by atoms with Crippen LogP contribution < -0.4 is 36.5 Å². The van der Waals surface area contributed by atoms with E-state index in [-0.39, 0.29) is 46.5 Å². The molecule has 2 amide bonds. The van der Waals surface area contributed by atoms with Crippen molar-refractivity contribution in [3.8, 4) is 17.1 Å². The van der Waals surface area contributed by atoms with Crippen LogP contribution >= 0.6 is 23.2 Å². The third-order valence-corrected chi connectivity index (χ3v) is 12.0. The summed E-state index contributed by atoms with van der Waals surface area (Å²) in [5, 5.41) is 18.5. The fourth-order valence-electron chi connectivity index (χ4n) is 6.70. The quantitative estimate of drug-likeness (QED) is 0.0380. The molecule has 416 valence electrons. The van der Waals surface area contributed by atoms with Gasteiger partial charge in [0.2, 0.25) is 16.0 Å². The first kappa shape index (κ1) is 58.7. The molecule has 0 bridgehead atoms. The molecule has 0 spiro atoms. The number of hydrogen-bond acceptors (Lipinski definition) is 11. The number of nitrogens with zero attached hydrogens (tertiary/aromatic N) is 6. The standard InChI is InChI=1S/C25H19ClF3N5O4S.C22H20ClF3N6O3S.C3H7N/c1-39(36,37)33-24(38-20-8-3-2-4-9-20)32-18-7-5-6-17(14-18)31-23(35)21-15-30-34(22(21)25(27,28)29)19-12-10-16(26)11-13-19;1-36(34,35)31-21(29-14-7-8-14)30-16-4-2-3-15(11-16)28-20(33)18-12-27-32(19(18)22(24,25)26)17-9-5-13(23)6-10-17;4-3-1-2-3/h2-15H,1H3,(H,31,35)(H,32,33);2-6,9-12,14H,7-8H2,1H3,(H,28,33)(H2,29,30,31);3H,1-2,4H2. The molecule has 2 aliphatic rings. The van der Waals surface area contributed by atoms with Gasteiger partial charge in [-0.05, 0) is 123 Å². The highest BCUT2D eigenvalue weighted by Crippen LogP contribution is 2.36. The van der Waals surface area contributed by atoms with E-state index < -0.39 is 66.7 Å². The number of nitrogens with one attached hydrogen (secondary N) is 5. The molecule has 2 aromatic heterocycles. The van der Waals surface area contributed by atoms with Gasteiger partial charge >= 0.3 is 18.4 Å². The maximum atomic E-state index is 14.0. The molecule has 7 N–H and O–H groups in total. The molecule has 19 nitrogen and oxygen atoms in total. The van der Waals surface area contributed by atoms with E-state index in [1.165, 1.54) is 104 Å². The number of para-hydroxylation sites is 1. The van der Waals surface area contributed by atoms with Gasteiger partial charge in [0.25, 0.3) is 21.8 Å². The van der Waals surface area contributed by atoms with Gasteiger partial charge in [0, 0.05) is 38.8 Å². The largest absolute Gasteiger partial charge is 0.434 e. The predicted molar refractivity (Wildman–Crippen MR) is 288 cm³/mol. The summed E-state index contributed by atoms with van der Waals surface area (Å²) < 4.78 is 143. The number of ether oxygens (including phenoxy) is 1. The molecule has 0 unspecified atom stereocenters. The summed E-state index contributed by atoms with van der Waals surface area (Å²) >= 11 is 11.6. The van der Waals surface area contributed by atoms with Gasteiger partial charge in [-0.25, -0.2) is 31.2 Å². The summed E-state index contributed by atoms with van der Waals surface area (Å²) in [6.07, 6.45) is -2.07. The second-order valence-corrected chi connectivity index (χ2v) is 21.6. The number of carbonyl (C=O) groups is 2. The van der Waals surface area contributed by atoms with Crippen molar-refractivity contribution in [3.63, 3.8) is 0 Å². The Hall–Kier alpha value is -7.98. The number of guanidine groups is 1. The number of aromatic nitrogens is 4. The highest BCUT2D eigenvalue weighted by atomic mass is 35.5. The van der Waals surface area contributed by atoms with E-state index in [2.05, 4.69) is 45.6 Å². The molecule has 2 heterocycles. The first-order valence-electron chi connectivity index (χ1n) is 23.2. The number of sulfonamides is 2. The summed E-state index contributed by atoms with van der Waals surface area (Å²) in [6.45, 7) is 0. The highest BCUT2D eigenvalue weighted by molar-refractivity contribution is 7.89. The van der Waals surface area contributed by atoms with Crippen LogP contribution in [0, 0.1) is 0 Å². The molecule has 29 heteroatoms. The molecule has 5 aromatic carbocycles. The Balaban J connectivity index is 0.000000214. The average Bonchev–Trinajstić information content (AvgIpc) is 4.27. The fraction of sp³-hybridized carbons (Fsp3) is 0.200. The molecule has 0 atom stereocenters. The maximum Gasteiger partial charge on any atom is 0.434 e. The Labute approximate surface area is 458 Å². The highest BCUT2D eigenvalue weighted by Gasteiger charge is 2.42. The van der Waals surface area contributed by atoms with Crippen molar-refractivity contribution in [3.05, 3.63) is 172 Å². The molecule has 7 aromatic rings. The van der Waals surface area contributed by atoms with Gasteiger partial charge in [0.1, 0.15) is 5.75 Å². The number of alkyl halides is 6. The molecule has 2 aliphatic carbocycles. The summed E-state index contributed by atoms with van der Waals surface area (Å²) in [5.74, 6) is -1.78. The Morgan fingerprint density at radius 3 is 1.42 bits per heavy atom. The van der Waals surface area contributed by atoms with Crippen molar-refractivity contribution in [1.82, 2.24) is 24.3 Å². The fourth-order valence-corrected chi connectivity index (χ4v) is 7.79. The molecule has 0 radical (unpaired) electrons. The number of hydrogen-bond donors (Lipinski definition) is 6. The number of anilines is 4. The van der Waals surface area contributed by atoms with Crippen LogP contribution in [0.2, 0.25) is 10.0 Å². The van der Waals surface area contributed by atoms with Gasteiger partial charge in [-0.15, -0.1) is 4.40 Å². The van der Waals surface area contributed by atoms with Crippen LogP contribution in [0.5, 0.6) is 5.75 Å². The minimum atomic E-state index is -4.90. The summed E-state index contributed by atoms with van der Waals surface area (Å²) in [6, 6.07) is 31.3. The molecule has 79 heavy (non-hydrogen) atoms. The minimum absolute atomic E-state index is 0.00241. The number of amidine groups is 1. The van der Waals surface area contributed by atoms with Crippen molar-refractivity contribution in [2.45, 2.75) is 50.1 Å². The Morgan fingerprint density at radius 2 is 1.04 bits per heavy atom. The van der Waals surface area contributed by atoms with Crippen LogP contribution in [0.3, 0.4) is 0 Å². The number of halogens is 8. The Bertz CT molecular complexity index is 3600. The third kappa shape index (κ3) is 18.0. The summed E-state index contributed by atoms with van der Waals surface area (Å²) in [5.41, 5.74) is 2.34. The molecular weight excluding hydrogens is 1130 g/mol. The second kappa shape index (κ2) is 24.8. The zero-order chi connectivity index (χ0) is 57.3. The van der Waals surface area contributed by atoms with E-state index in [1.54, 1.807) is 36.4 Å². The third-order valence-electron chi connectivity index (χ3n) is 10.4. The molecule has 2 fully saturated rings. The number of carbonyl (C=O) groups excluding carboxylic acids is 2. The van der Waals surface area contributed by atoms with Gasteiger partial charge in [0.05, 0.1) is 53.4 Å². The number of benzene rings is 5. The van der Waals surface area contributed by atoms with Crippen molar-refractivity contribution >= 4 is 89.8 Å². The zero-order valence-electron chi connectivity index (χ0n) is 41.2. The maximum absolute atomic E-state index is 14.0. The van der Waals surface area contributed by atoms with Gasteiger partial charge in [-0.1, -0.05) is 53.5 Å². The van der Waals surface area contributed by atoms with Crippen LogP contribution in [0.1, 0.15) is 57.8 Å². The Morgan fingerprint density at radius 1 is 0.620 bits per heavy atom. The lowest BCUT2D eigenvalue weighted by Crippen LogP contribution is -2.35. The first-order valence-corrected chi connectivity index (χ1v) is 27.7. The summed E-state index contributed by atoms with van der Waals surface area (Å²) in [4.78, 5) is 30.0. The van der Waals surface area contributed by atoms with Gasteiger partial charge in [0.15, 0.2) is 11.4 Å². The van der Waals surface area contributed by atoms with E-state index in [0.29, 0.717) is 36.9 Å². The molecule has 0 aliphatic heterocycles. The Kier molecular flexibility index (Phi) is 18.4. The van der Waals surface area contributed by atoms with Gasteiger partial charge in [-0.2, -0.15) is 36.5 Å². The number of amides is 2. The van der Waals surface area contributed by atoms with E-state index >= 15 is 0 Å². The predicted octanol–water partition coefficient (Wildman–Crippen LogP) is 9.99. The molecule has 9 rings (SSSR count). The van der Waals surface area contributed by atoms with Crippen molar-refractivity contribution in [2.75, 3.05) is 33.8 Å². The van der Waals surface area contributed by atoms with Crippen LogP contribution in [0.4, 0.5) is 49.1 Å². The molecular formula is C50H46Cl2F6N12O7S2. The lowest BCUT2D eigenvalue weighted by Gasteiger charge is -2.14. The monoisotopic (exact) mass is 1170 g/mol. The van der Waals surface area contributed by atoms with Crippen LogP contribution in [0.15, 0.2) is 149 Å². The smallest absolute Gasteiger partial charge is 0.425 e. The first-order chi connectivity index (χ1) is 37.2. The van der Waals surface area contributed by atoms with Gasteiger partial charge < -0.3 is 31.7 Å². The van der Waals surface area contributed by atoms with Crippen LogP contribution in [-0.2, 0) is 32.4 Å². The van der Waals surface area contributed by atoms with Crippen LogP contribution in [0.25, 0.3) is 11.4 Å². The van der Waals surface area contributed by atoms with E-state index in [4.69, 9.17) is 33.7 Å². The van der Waals surface area contributed by atoms with E-state index in [1.807, 2.05) is 0 Å². The zero-order valence-corrected chi connectivity index (χ0v) is 44.4. The lowest BCUT2D eigenvalue weighted by atomic mass is 10.2.